The molecule has 52 heavy (non-hydrogen) atoms. The Morgan fingerprint density at radius 3 is 1.90 bits per heavy atom. The summed E-state index contributed by atoms with van der Waals surface area (Å²) in [7, 11) is 0. The lowest BCUT2D eigenvalue weighted by Gasteiger charge is -2.15. The number of unbranched alkanes of at least 4 members (excludes halogenated alkanes) is 4. The molecule has 1 atom stereocenters. The monoisotopic (exact) mass is 720 g/mol. The van der Waals surface area contributed by atoms with Gasteiger partial charge in [0.05, 0.1) is 18.6 Å². The van der Waals surface area contributed by atoms with E-state index in [0.29, 0.717) is 34.7 Å². The number of carbonyl (C=O) groups is 4. The average Bonchev–Trinajstić information content (AvgIpc) is 3.11. The molecule has 0 aliphatic heterocycles. The van der Waals surface area contributed by atoms with E-state index in [2.05, 4.69) is 22.3 Å². The zero-order chi connectivity index (χ0) is 37.5. The number of amides is 2. The molecule has 0 radical (unpaired) electrons. The lowest BCUT2D eigenvalue weighted by Crippen LogP contribution is -2.42. The summed E-state index contributed by atoms with van der Waals surface area (Å²) in [5, 5.41) is 14.9. The molecule has 3 N–H and O–H groups in total. The molecule has 0 fully saturated rings. The second kappa shape index (κ2) is 18.9. The van der Waals surface area contributed by atoms with Crippen molar-refractivity contribution in [1.82, 2.24) is 5.32 Å². The van der Waals surface area contributed by atoms with Crippen molar-refractivity contribution in [1.29, 1.82) is 0 Å². The van der Waals surface area contributed by atoms with Gasteiger partial charge in [-0.25, -0.2) is 9.59 Å². The van der Waals surface area contributed by atoms with Crippen LogP contribution in [0.4, 0.5) is 18.9 Å². The third kappa shape index (κ3) is 13.1. The maximum atomic E-state index is 12.9. The van der Waals surface area contributed by atoms with Gasteiger partial charge in [0.2, 0.25) is 5.91 Å². The Kier molecular flexibility index (Phi) is 14.2. The highest BCUT2D eigenvalue weighted by Crippen LogP contribution is 2.23. The van der Waals surface area contributed by atoms with Gasteiger partial charge in [-0.2, -0.15) is 0 Å². The number of hydrogen-bond acceptors (Lipinski definition) is 7. The largest absolute Gasteiger partial charge is 0.573 e. The fourth-order valence-electron chi connectivity index (χ4n) is 5.02. The van der Waals surface area contributed by atoms with Crippen LogP contribution in [0.25, 0.3) is 0 Å². The van der Waals surface area contributed by atoms with Crippen molar-refractivity contribution in [3.63, 3.8) is 0 Å². The molecular weight excluding hydrogens is 681 g/mol. The minimum atomic E-state index is -4.82. The summed E-state index contributed by atoms with van der Waals surface area (Å²) in [6.45, 7) is 2.78. The van der Waals surface area contributed by atoms with E-state index in [9.17, 15) is 37.5 Å². The summed E-state index contributed by atoms with van der Waals surface area (Å²) >= 11 is 0. The summed E-state index contributed by atoms with van der Waals surface area (Å²) in [5.41, 5.74) is 1.87. The van der Waals surface area contributed by atoms with E-state index in [-0.39, 0.29) is 24.2 Å². The smallest absolute Gasteiger partial charge is 0.494 e. The first-order valence-electron chi connectivity index (χ1n) is 16.7. The van der Waals surface area contributed by atoms with Gasteiger partial charge in [0.15, 0.2) is 0 Å². The maximum Gasteiger partial charge on any atom is 0.573 e. The van der Waals surface area contributed by atoms with E-state index in [0.717, 1.165) is 25.0 Å². The highest BCUT2D eigenvalue weighted by molar-refractivity contribution is 5.98. The summed E-state index contributed by atoms with van der Waals surface area (Å²) in [6.07, 6.45) is 0.677. The van der Waals surface area contributed by atoms with Gasteiger partial charge in [-0.05, 0) is 90.3 Å². The van der Waals surface area contributed by atoms with Crippen molar-refractivity contribution in [3.8, 4) is 17.2 Å². The first kappa shape index (κ1) is 38.9. The third-order valence-electron chi connectivity index (χ3n) is 7.74. The van der Waals surface area contributed by atoms with Crippen molar-refractivity contribution in [2.24, 2.45) is 0 Å². The normalized spacial score (nSPS) is 11.6. The number of alkyl halides is 3. The van der Waals surface area contributed by atoms with Crippen LogP contribution in [0.2, 0.25) is 0 Å². The number of halogens is 3. The Hall–Kier alpha value is -5.85. The van der Waals surface area contributed by atoms with Crippen molar-refractivity contribution < 1.29 is 51.7 Å². The molecule has 1 unspecified atom stereocenters. The number of carboxylic acid groups (broad SMARTS) is 1. The van der Waals surface area contributed by atoms with Crippen LogP contribution in [0, 0.1) is 0 Å². The van der Waals surface area contributed by atoms with E-state index in [1.54, 1.807) is 36.4 Å². The maximum absolute atomic E-state index is 12.9. The standard InChI is InChI=1S/C39H39F3N2O8/c1-2-3-4-5-6-23-50-31-21-13-29(14-22-31)38(49)51-32-17-7-26(8-18-32)24-34(37(47)48)44-36(46)28-11-15-30(16-12-28)43-35(45)25-27-9-19-33(20-10-27)52-39(40,41)42/h7-22,34H,2-6,23-25H2,1H3,(H,43,45)(H,44,46)(H,47,48). The van der Waals surface area contributed by atoms with Gasteiger partial charge in [-0.15, -0.1) is 13.2 Å². The van der Waals surface area contributed by atoms with Gasteiger partial charge in [0.25, 0.3) is 5.91 Å². The quantitative estimate of drug-likeness (QED) is 0.0539. The number of anilines is 1. The van der Waals surface area contributed by atoms with E-state index in [4.69, 9.17) is 9.47 Å². The third-order valence-corrected chi connectivity index (χ3v) is 7.74. The van der Waals surface area contributed by atoms with E-state index in [1.165, 1.54) is 67.8 Å². The molecule has 274 valence electrons. The number of carboxylic acids is 1. The molecule has 0 saturated heterocycles. The number of carbonyl (C=O) groups excluding carboxylic acids is 3. The van der Waals surface area contributed by atoms with Gasteiger partial charge in [-0.3, -0.25) is 9.59 Å². The average molecular weight is 721 g/mol. The summed E-state index contributed by atoms with van der Waals surface area (Å²) < 4.78 is 52.0. The van der Waals surface area contributed by atoms with E-state index >= 15 is 0 Å². The Morgan fingerprint density at radius 2 is 1.29 bits per heavy atom. The Labute approximate surface area is 298 Å². The predicted octanol–water partition coefficient (Wildman–Crippen LogP) is 7.76. The highest BCUT2D eigenvalue weighted by atomic mass is 19.4. The fraction of sp³-hybridized carbons (Fsp3) is 0.282. The number of hydrogen-bond donors (Lipinski definition) is 3. The van der Waals surface area contributed by atoms with Crippen LogP contribution in [0.5, 0.6) is 17.2 Å². The minimum Gasteiger partial charge on any atom is -0.494 e. The van der Waals surface area contributed by atoms with Gasteiger partial charge < -0.3 is 30.0 Å². The summed E-state index contributed by atoms with van der Waals surface area (Å²) in [5.74, 6) is -2.39. The summed E-state index contributed by atoms with van der Waals surface area (Å²) in [4.78, 5) is 49.9. The van der Waals surface area contributed by atoms with Gasteiger partial charge in [-0.1, -0.05) is 56.9 Å². The molecule has 0 aliphatic rings. The molecule has 0 bridgehead atoms. The molecule has 10 nitrogen and oxygen atoms in total. The Balaban J connectivity index is 1.23. The molecule has 4 rings (SSSR count). The van der Waals surface area contributed by atoms with E-state index < -0.39 is 41.9 Å². The lowest BCUT2D eigenvalue weighted by molar-refractivity contribution is -0.274. The topological polar surface area (TPSA) is 140 Å². The molecule has 4 aromatic carbocycles. The zero-order valence-electron chi connectivity index (χ0n) is 28.4. The first-order chi connectivity index (χ1) is 24.9. The van der Waals surface area contributed by atoms with Crippen LogP contribution >= 0.6 is 0 Å². The van der Waals surface area contributed by atoms with Crippen molar-refractivity contribution >= 4 is 29.4 Å². The van der Waals surface area contributed by atoms with Crippen LogP contribution < -0.4 is 24.8 Å². The molecule has 0 aromatic heterocycles. The molecule has 0 saturated carbocycles. The molecule has 0 spiro atoms. The predicted molar refractivity (Wildman–Crippen MR) is 187 cm³/mol. The number of benzene rings is 4. The highest BCUT2D eigenvalue weighted by Gasteiger charge is 2.31. The van der Waals surface area contributed by atoms with Crippen LogP contribution in [-0.2, 0) is 22.4 Å². The summed E-state index contributed by atoms with van der Waals surface area (Å²) in [6, 6.07) is 22.3. The fourth-order valence-corrected chi connectivity index (χ4v) is 5.02. The molecular formula is C39H39F3N2O8. The lowest BCUT2D eigenvalue weighted by atomic mass is 10.0. The van der Waals surface area contributed by atoms with Crippen molar-refractivity contribution in [2.75, 3.05) is 11.9 Å². The Morgan fingerprint density at radius 1 is 0.712 bits per heavy atom. The van der Waals surface area contributed by atoms with Crippen LogP contribution in [-0.4, -0.2) is 47.9 Å². The second-order valence-electron chi connectivity index (χ2n) is 11.9. The Bertz CT molecular complexity index is 1780. The van der Waals surface area contributed by atoms with Gasteiger partial charge in [0, 0.05) is 17.7 Å². The van der Waals surface area contributed by atoms with Crippen LogP contribution in [0.1, 0.15) is 70.9 Å². The minimum absolute atomic E-state index is 0.0488. The van der Waals surface area contributed by atoms with Crippen LogP contribution in [0.3, 0.4) is 0 Å². The molecule has 0 heterocycles. The number of aliphatic carboxylic acids is 1. The number of esters is 1. The molecule has 0 aliphatic carbocycles. The van der Waals surface area contributed by atoms with Crippen LogP contribution in [0.15, 0.2) is 97.1 Å². The van der Waals surface area contributed by atoms with Crippen molar-refractivity contribution in [2.45, 2.75) is 64.3 Å². The SMILES string of the molecule is CCCCCCCOc1ccc(C(=O)Oc2ccc(CC(NC(=O)c3ccc(NC(=O)Cc4ccc(OC(F)(F)F)cc4)cc3)C(=O)O)cc2)cc1. The molecule has 4 aromatic rings. The number of rotatable bonds is 18. The zero-order valence-corrected chi connectivity index (χ0v) is 28.4. The molecule has 13 heteroatoms. The molecule has 2 amide bonds. The number of ether oxygens (including phenoxy) is 3. The first-order valence-corrected chi connectivity index (χ1v) is 16.7. The second-order valence-corrected chi connectivity index (χ2v) is 11.9. The van der Waals surface area contributed by atoms with Crippen molar-refractivity contribution in [3.05, 3.63) is 119 Å². The van der Waals surface area contributed by atoms with Gasteiger partial charge >= 0.3 is 18.3 Å². The van der Waals surface area contributed by atoms with Gasteiger partial charge in [0.1, 0.15) is 23.3 Å². The van der Waals surface area contributed by atoms with E-state index in [1.807, 2.05) is 0 Å². The number of nitrogens with one attached hydrogen (secondary N) is 2.